The Labute approximate surface area is 191 Å². The minimum atomic E-state index is -0.495. The Bertz CT molecular complexity index is 808. The standard InChI is InChI=1S/C26H39NO5/c1-15(4-7-23(31)32-11-10-27)18-5-6-19-24-20(14-22(30)26(18,19)3)25(2)9-8-17(28)12-16(25)13-21(24)29/h15-16,18-20,24H,4-14,27H2,1-3H3. The fourth-order valence-corrected chi connectivity index (χ4v) is 8.18. The molecule has 0 aromatic carbocycles. The van der Waals surface area contributed by atoms with E-state index in [4.69, 9.17) is 10.5 Å². The molecule has 0 aliphatic heterocycles. The average Bonchev–Trinajstić information content (AvgIpc) is 3.11. The molecule has 0 spiro atoms. The van der Waals surface area contributed by atoms with Crippen LogP contribution in [0, 0.1) is 46.3 Å². The Morgan fingerprint density at radius 2 is 1.88 bits per heavy atom. The number of Topliss-reactive ketones (excluding diaryl/α,β-unsaturated/α-hetero) is 3. The number of ketones is 3. The van der Waals surface area contributed by atoms with Gasteiger partial charge in [-0.2, -0.15) is 0 Å². The van der Waals surface area contributed by atoms with E-state index in [0.29, 0.717) is 50.9 Å². The van der Waals surface area contributed by atoms with Gasteiger partial charge in [0.25, 0.3) is 0 Å². The third-order valence-corrected chi connectivity index (χ3v) is 10.1. The van der Waals surface area contributed by atoms with Crippen molar-refractivity contribution in [3.63, 3.8) is 0 Å². The van der Waals surface area contributed by atoms with Crippen LogP contribution in [0.4, 0.5) is 0 Å². The Balaban J connectivity index is 1.53. The molecule has 6 heteroatoms. The number of carbonyl (C=O) groups is 4. The molecule has 178 valence electrons. The van der Waals surface area contributed by atoms with Gasteiger partial charge in [0, 0.05) is 50.0 Å². The molecule has 4 aliphatic rings. The van der Waals surface area contributed by atoms with E-state index >= 15 is 0 Å². The molecule has 32 heavy (non-hydrogen) atoms. The highest BCUT2D eigenvalue weighted by molar-refractivity contribution is 5.93. The summed E-state index contributed by atoms with van der Waals surface area (Å²) in [5.41, 5.74) is 4.82. The third-order valence-electron chi connectivity index (χ3n) is 10.1. The van der Waals surface area contributed by atoms with Crippen molar-refractivity contribution in [1.82, 2.24) is 0 Å². The number of hydrogen-bond acceptors (Lipinski definition) is 6. The van der Waals surface area contributed by atoms with Crippen LogP contribution in [0.25, 0.3) is 0 Å². The van der Waals surface area contributed by atoms with Crippen molar-refractivity contribution in [3.8, 4) is 0 Å². The van der Waals surface area contributed by atoms with Gasteiger partial charge in [-0.3, -0.25) is 19.2 Å². The molecule has 0 radical (unpaired) electrons. The summed E-state index contributed by atoms with van der Waals surface area (Å²) in [4.78, 5) is 51.2. The van der Waals surface area contributed by atoms with Gasteiger partial charge in [-0.05, 0) is 60.7 Å². The number of fused-ring (bicyclic) bond motifs is 5. The van der Waals surface area contributed by atoms with Crippen LogP contribution in [0.3, 0.4) is 0 Å². The highest BCUT2D eigenvalue weighted by atomic mass is 16.5. The Kier molecular flexibility index (Phi) is 6.38. The zero-order valence-electron chi connectivity index (χ0n) is 19.9. The average molecular weight is 446 g/mol. The Morgan fingerprint density at radius 1 is 1.12 bits per heavy atom. The third kappa shape index (κ3) is 3.66. The van der Waals surface area contributed by atoms with Crippen LogP contribution in [-0.2, 0) is 23.9 Å². The van der Waals surface area contributed by atoms with Gasteiger partial charge in [0.05, 0.1) is 0 Å². The fraction of sp³-hybridized carbons (Fsp3) is 0.846. The highest BCUT2D eigenvalue weighted by Crippen LogP contribution is 2.66. The lowest BCUT2D eigenvalue weighted by molar-refractivity contribution is -0.166. The van der Waals surface area contributed by atoms with Crippen molar-refractivity contribution < 1.29 is 23.9 Å². The summed E-state index contributed by atoms with van der Waals surface area (Å²) < 4.78 is 5.11. The summed E-state index contributed by atoms with van der Waals surface area (Å²) in [6.45, 7) is 7.05. The van der Waals surface area contributed by atoms with Gasteiger partial charge in [-0.1, -0.05) is 20.8 Å². The van der Waals surface area contributed by atoms with E-state index in [1.54, 1.807) is 0 Å². The molecule has 0 aromatic heterocycles. The molecule has 6 nitrogen and oxygen atoms in total. The second-order valence-corrected chi connectivity index (χ2v) is 11.5. The molecular formula is C26H39NO5. The van der Waals surface area contributed by atoms with Crippen LogP contribution in [0.1, 0.15) is 78.6 Å². The molecule has 8 unspecified atom stereocenters. The minimum absolute atomic E-state index is 0.0566. The van der Waals surface area contributed by atoms with Crippen molar-refractivity contribution in [3.05, 3.63) is 0 Å². The number of nitrogens with two attached hydrogens (primary N) is 1. The predicted octanol–water partition coefficient (Wildman–Crippen LogP) is 3.49. The second-order valence-electron chi connectivity index (χ2n) is 11.5. The molecule has 4 aliphatic carbocycles. The van der Waals surface area contributed by atoms with E-state index in [9.17, 15) is 19.2 Å². The lowest BCUT2D eigenvalue weighted by Crippen LogP contribution is -2.60. The number of ether oxygens (including phenoxy) is 1. The smallest absolute Gasteiger partial charge is 0.305 e. The zero-order valence-corrected chi connectivity index (χ0v) is 19.9. The topological polar surface area (TPSA) is 104 Å². The molecule has 0 aromatic rings. The lowest BCUT2D eigenvalue weighted by Gasteiger charge is -2.58. The van der Waals surface area contributed by atoms with Crippen LogP contribution >= 0.6 is 0 Å². The summed E-state index contributed by atoms with van der Waals surface area (Å²) in [5, 5.41) is 0. The number of esters is 1. The predicted molar refractivity (Wildman–Crippen MR) is 119 cm³/mol. The molecular weight excluding hydrogens is 406 g/mol. The maximum absolute atomic E-state index is 13.8. The zero-order chi connectivity index (χ0) is 23.3. The summed E-state index contributed by atoms with van der Waals surface area (Å²) in [6.07, 6.45) is 5.72. The summed E-state index contributed by atoms with van der Waals surface area (Å²) >= 11 is 0. The van der Waals surface area contributed by atoms with E-state index in [1.165, 1.54) is 0 Å². The van der Waals surface area contributed by atoms with Crippen LogP contribution in [0.5, 0.6) is 0 Å². The van der Waals surface area contributed by atoms with Crippen molar-refractivity contribution >= 4 is 23.3 Å². The SMILES string of the molecule is CC(CCC(=O)OCCN)C1CCC2C3C(=O)CC4CC(=O)CCC4(C)C3CC(=O)C12C. The Morgan fingerprint density at radius 3 is 2.59 bits per heavy atom. The maximum atomic E-state index is 13.8. The molecule has 0 amide bonds. The largest absolute Gasteiger partial charge is 0.464 e. The van der Waals surface area contributed by atoms with E-state index in [0.717, 1.165) is 19.3 Å². The van der Waals surface area contributed by atoms with Crippen LogP contribution < -0.4 is 5.73 Å². The monoisotopic (exact) mass is 445 g/mol. The normalized spacial score (nSPS) is 42.1. The van der Waals surface area contributed by atoms with Crippen molar-refractivity contribution in [1.29, 1.82) is 0 Å². The van der Waals surface area contributed by atoms with Crippen LogP contribution in [0.15, 0.2) is 0 Å². The van der Waals surface area contributed by atoms with Crippen LogP contribution in [-0.4, -0.2) is 36.5 Å². The summed E-state index contributed by atoms with van der Waals surface area (Å²) in [6, 6.07) is 0. The van der Waals surface area contributed by atoms with Gasteiger partial charge in [0.15, 0.2) is 0 Å². The molecule has 0 heterocycles. The first-order chi connectivity index (χ1) is 15.1. The van der Waals surface area contributed by atoms with E-state index < -0.39 is 5.41 Å². The summed E-state index contributed by atoms with van der Waals surface area (Å²) in [7, 11) is 0. The van der Waals surface area contributed by atoms with Gasteiger partial charge in [0.1, 0.15) is 24.0 Å². The minimum Gasteiger partial charge on any atom is -0.464 e. The molecule has 4 fully saturated rings. The lowest BCUT2D eigenvalue weighted by atomic mass is 9.44. The Hall–Kier alpha value is -1.56. The number of carbonyl (C=O) groups excluding carboxylic acids is 4. The highest BCUT2D eigenvalue weighted by Gasteiger charge is 2.66. The first-order valence-corrected chi connectivity index (χ1v) is 12.6. The molecule has 0 saturated heterocycles. The number of hydrogen-bond donors (Lipinski definition) is 1. The molecule has 2 N–H and O–H groups in total. The van der Waals surface area contributed by atoms with Crippen LogP contribution in [0.2, 0.25) is 0 Å². The van der Waals surface area contributed by atoms with Gasteiger partial charge in [-0.25, -0.2) is 0 Å². The van der Waals surface area contributed by atoms with E-state index in [2.05, 4.69) is 20.8 Å². The molecule has 4 rings (SSSR count). The van der Waals surface area contributed by atoms with Gasteiger partial charge in [0.2, 0.25) is 0 Å². The van der Waals surface area contributed by atoms with E-state index in [1.807, 2.05) is 0 Å². The molecule has 0 bridgehead atoms. The van der Waals surface area contributed by atoms with Gasteiger partial charge < -0.3 is 10.5 Å². The summed E-state index contributed by atoms with van der Waals surface area (Å²) in [5.74, 6) is 1.24. The fourth-order valence-electron chi connectivity index (χ4n) is 8.18. The van der Waals surface area contributed by atoms with Crippen molar-refractivity contribution in [2.75, 3.05) is 13.2 Å². The molecule has 4 saturated carbocycles. The van der Waals surface area contributed by atoms with E-state index in [-0.39, 0.29) is 65.1 Å². The first kappa shape index (κ1) is 23.6. The van der Waals surface area contributed by atoms with Gasteiger partial charge >= 0.3 is 5.97 Å². The van der Waals surface area contributed by atoms with Crippen molar-refractivity contribution in [2.45, 2.75) is 78.6 Å². The first-order valence-electron chi connectivity index (χ1n) is 12.6. The number of rotatable bonds is 6. The quantitative estimate of drug-likeness (QED) is 0.628. The van der Waals surface area contributed by atoms with Gasteiger partial charge in [-0.15, -0.1) is 0 Å². The second kappa shape index (κ2) is 8.66. The van der Waals surface area contributed by atoms with Crippen molar-refractivity contribution in [2.24, 2.45) is 52.1 Å². The molecule has 8 atom stereocenters. The maximum Gasteiger partial charge on any atom is 0.305 e.